The van der Waals surface area contributed by atoms with Gasteiger partial charge in [0.15, 0.2) is 0 Å². The standard InChI is InChI=1S/C18H19FN4O3S/c1-22-11-14(3-7-18(22)24)23-10-12(9-20-23)16-6-2-13(8-17(16)19)21-27(25,26)15-4-5-15/h2-3,6-11,15,18,21,24H,4-5H2,1H3. The fourth-order valence-corrected chi connectivity index (χ4v) is 4.20. The van der Waals surface area contributed by atoms with E-state index in [4.69, 9.17) is 0 Å². The normalized spacial score (nSPS) is 19.9. The van der Waals surface area contributed by atoms with E-state index in [1.54, 1.807) is 47.2 Å². The van der Waals surface area contributed by atoms with Crippen LogP contribution in [-0.4, -0.2) is 46.7 Å². The van der Waals surface area contributed by atoms with Crippen LogP contribution < -0.4 is 4.72 Å². The van der Waals surface area contributed by atoms with Gasteiger partial charge in [-0.1, -0.05) is 0 Å². The molecule has 1 aliphatic carbocycles. The van der Waals surface area contributed by atoms with Gasteiger partial charge in [0.25, 0.3) is 0 Å². The first-order chi connectivity index (χ1) is 12.8. The second-order valence-electron chi connectivity index (χ2n) is 6.71. The molecule has 4 rings (SSSR count). The van der Waals surface area contributed by atoms with E-state index in [1.807, 2.05) is 0 Å². The zero-order valence-electron chi connectivity index (χ0n) is 14.6. The molecule has 2 heterocycles. The Morgan fingerprint density at radius 2 is 2.11 bits per heavy atom. The molecule has 2 N–H and O–H groups in total. The van der Waals surface area contributed by atoms with Crippen molar-refractivity contribution in [2.24, 2.45) is 0 Å². The molecular weight excluding hydrogens is 371 g/mol. The minimum absolute atomic E-state index is 0.212. The van der Waals surface area contributed by atoms with Crippen LogP contribution >= 0.6 is 0 Å². The summed E-state index contributed by atoms with van der Waals surface area (Å²) in [6.45, 7) is 0. The maximum absolute atomic E-state index is 14.6. The maximum Gasteiger partial charge on any atom is 0.235 e. The Labute approximate surface area is 156 Å². The van der Waals surface area contributed by atoms with E-state index in [0.29, 0.717) is 24.0 Å². The minimum Gasteiger partial charge on any atom is -0.370 e. The van der Waals surface area contributed by atoms with Crippen molar-refractivity contribution in [3.05, 3.63) is 54.8 Å². The maximum atomic E-state index is 14.6. The third kappa shape index (κ3) is 3.60. The first-order valence-electron chi connectivity index (χ1n) is 8.50. The quantitative estimate of drug-likeness (QED) is 0.817. The summed E-state index contributed by atoms with van der Waals surface area (Å²) in [4.78, 5) is 1.62. The molecule has 7 nitrogen and oxygen atoms in total. The van der Waals surface area contributed by atoms with Crippen LogP contribution in [0.3, 0.4) is 0 Å². The number of anilines is 1. The van der Waals surface area contributed by atoms with Crippen LogP contribution in [0.5, 0.6) is 0 Å². The Morgan fingerprint density at radius 3 is 2.78 bits per heavy atom. The Morgan fingerprint density at radius 1 is 1.33 bits per heavy atom. The summed E-state index contributed by atoms with van der Waals surface area (Å²) in [5, 5.41) is 13.5. The molecule has 2 aliphatic rings. The third-order valence-corrected chi connectivity index (χ3v) is 6.41. The number of likely N-dealkylation sites (N-methyl/N-ethyl adjacent to an activating group) is 1. The van der Waals surface area contributed by atoms with Crippen molar-refractivity contribution in [3.63, 3.8) is 0 Å². The number of nitrogens with zero attached hydrogens (tertiary/aromatic N) is 3. The highest BCUT2D eigenvalue weighted by Crippen LogP contribution is 2.31. The van der Waals surface area contributed by atoms with Crippen molar-refractivity contribution in [3.8, 4) is 11.1 Å². The van der Waals surface area contributed by atoms with Crippen molar-refractivity contribution >= 4 is 21.4 Å². The molecular formula is C18H19FN4O3S. The molecule has 1 saturated carbocycles. The molecule has 1 fully saturated rings. The second-order valence-corrected chi connectivity index (χ2v) is 8.67. The lowest BCUT2D eigenvalue weighted by Crippen LogP contribution is -2.27. The van der Waals surface area contributed by atoms with Gasteiger partial charge in [0, 0.05) is 30.6 Å². The summed E-state index contributed by atoms with van der Waals surface area (Å²) in [5.74, 6) is -0.536. The van der Waals surface area contributed by atoms with Crippen LogP contribution in [0, 0.1) is 5.82 Å². The topological polar surface area (TPSA) is 87.5 Å². The van der Waals surface area contributed by atoms with Gasteiger partial charge in [-0.15, -0.1) is 0 Å². The molecule has 9 heteroatoms. The largest absolute Gasteiger partial charge is 0.370 e. The average molecular weight is 390 g/mol. The number of rotatable bonds is 5. The van der Waals surface area contributed by atoms with E-state index in [9.17, 15) is 17.9 Å². The van der Waals surface area contributed by atoms with Crippen molar-refractivity contribution in [1.82, 2.24) is 14.7 Å². The Balaban J connectivity index is 1.57. The number of halogens is 1. The van der Waals surface area contributed by atoms with Gasteiger partial charge in [-0.2, -0.15) is 5.10 Å². The molecule has 0 saturated heterocycles. The van der Waals surface area contributed by atoms with Gasteiger partial charge in [0.1, 0.15) is 12.0 Å². The van der Waals surface area contributed by atoms with Gasteiger partial charge in [0.05, 0.1) is 22.8 Å². The van der Waals surface area contributed by atoms with Crippen LogP contribution in [0.25, 0.3) is 16.8 Å². The summed E-state index contributed by atoms with van der Waals surface area (Å²) in [6, 6.07) is 4.25. The van der Waals surface area contributed by atoms with E-state index in [-0.39, 0.29) is 10.9 Å². The first kappa shape index (κ1) is 17.7. The second kappa shape index (κ2) is 6.50. The molecule has 0 amide bonds. The van der Waals surface area contributed by atoms with Gasteiger partial charge in [-0.3, -0.25) is 4.72 Å². The monoisotopic (exact) mass is 390 g/mol. The number of aliphatic hydroxyl groups excluding tert-OH is 1. The SMILES string of the molecule is CN1C=C(n2cc(-c3ccc(NS(=O)(=O)C4CC4)cc3F)cn2)C=CC1O. The molecule has 1 aromatic carbocycles. The number of hydrogen-bond acceptors (Lipinski definition) is 5. The molecule has 1 aliphatic heterocycles. The molecule has 1 atom stereocenters. The number of aliphatic hydroxyl groups is 1. The lowest BCUT2D eigenvalue weighted by atomic mass is 10.1. The van der Waals surface area contributed by atoms with Gasteiger partial charge in [-0.05, 0) is 43.2 Å². The molecule has 2 aromatic rings. The summed E-state index contributed by atoms with van der Waals surface area (Å²) >= 11 is 0. The number of sulfonamides is 1. The number of allylic oxidation sites excluding steroid dienone is 2. The number of aromatic nitrogens is 2. The molecule has 0 radical (unpaired) electrons. The molecule has 1 unspecified atom stereocenters. The zero-order chi connectivity index (χ0) is 19.2. The molecule has 142 valence electrons. The van der Waals surface area contributed by atoms with Crippen LogP contribution in [0.2, 0.25) is 0 Å². The Bertz CT molecular complexity index is 1040. The van der Waals surface area contributed by atoms with E-state index in [0.717, 1.165) is 5.70 Å². The van der Waals surface area contributed by atoms with Gasteiger partial charge >= 0.3 is 0 Å². The Hall–Kier alpha value is -2.65. The predicted octanol–water partition coefficient (Wildman–Crippen LogP) is 2.21. The fraction of sp³-hybridized carbons (Fsp3) is 0.278. The van der Waals surface area contributed by atoms with Crippen LogP contribution in [-0.2, 0) is 10.0 Å². The first-order valence-corrected chi connectivity index (χ1v) is 10.0. The lowest BCUT2D eigenvalue weighted by molar-refractivity contribution is 0.0975. The van der Waals surface area contributed by atoms with Crippen molar-refractivity contribution < 1.29 is 17.9 Å². The van der Waals surface area contributed by atoms with Crippen molar-refractivity contribution in [2.75, 3.05) is 11.8 Å². The number of hydrogen-bond donors (Lipinski definition) is 2. The average Bonchev–Trinajstić information content (AvgIpc) is 3.37. The van der Waals surface area contributed by atoms with Crippen LogP contribution in [0.15, 0.2) is 48.9 Å². The number of benzene rings is 1. The highest BCUT2D eigenvalue weighted by Gasteiger charge is 2.35. The fourth-order valence-electron chi connectivity index (χ4n) is 2.83. The summed E-state index contributed by atoms with van der Waals surface area (Å²) in [7, 11) is -1.69. The van der Waals surface area contributed by atoms with Crippen molar-refractivity contribution in [2.45, 2.75) is 24.3 Å². The molecule has 0 bridgehead atoms. The molecule has 27 heavy (non-hydrogen) atoms. The lowest BCUT2D eigenvalue weighted by Gasteiger charge is -2.23. The third-order valence-electron chi connectivity index (χ3n) is 4.54. The highest BCUT2D eigenvalue weighted by atomic mass is 32.2. The molecule has 0 spiro atoms. The van der Waals surface area contributed by atoms with Gasteiger partial charge in [-0.25, -0.2) is 17.5 Å². The summed E-state index contributed by atoms with van der Waals surface area (Å²) in [5.41, 5.74) is 1.82. The summed E-state index contributed by atoms with van der Waals surface area (Å²) < 4.78 is 42.5. The van der Waals surface area contributed by atoms with E-state index in [1.165, 1.54) is 18.3 Å². The Kier molecular flexibility index (Phi) is 4.27. The van der Waals surface area contributed by atoms with E-state index >= 15 is 0 Å². The van der Waals surface area contributed by atoms with Gasteiger partial charge < -0.3 is 10.0 Å². The van der Waals surface area contributed by atoms with Crippen LogP contribution in [0.1, 0.15) is 12.8 Å². The minimum atomic E-state index is -3.43. The predicted molar refractivity (Wildman–Crippen MR) is 100 cm³/mol. The zero-order valence-corrected chi connectivity index (χ0v) is 15.4. The summed E-state index contributed by atoms with van der Waals surface area (Å²) in [6.07, 6.45) is 8.89. The highest BCUT2D eigenvalue weighted by molar-refractivity contribution is 7.93. The van der Waals surface area contributed by atoms with Crippen molar-refractivity contribution in [1.29, 1.82) is 0 Å². The van der Waals surface area contributed by atoms with Gasteiger partial charge in [0.2, 0.25) is 10.0 Å². The number of nitrogens with one attached hydrogen (secondary N) is 1. The van der Waals surface area contributed by atoms with E-state index < -0.39 is 22.1 Å². The van der Waals surface area contributed by atoms with Crippen LogP contribution in [0.4, 0.5) is 10.1 Å². The molecule has 1 aromatic heterocycles. The van der Waals surface area contributed by atoms with E-state index in [2.05, 4.69) is 9.82 Å². The smallest absolute Gasteiger partial charge is 0.235 e.